The minimum atomic E-state index is -4.34. The van der Waals surface area contributed by atoms with Crippen LogP contribution in [0.25, 0.3) is 0 Å². The number of aliphatic hydroxyl groups is 1. The molecular weight excluding hydrogens is 284 g/mol. The third-order valence-electron chi connectivity index (χ3n) is 4.99. The van der Waals surface area contributed by atoms with Gasteiger partial charge >= 0.3 is 5.97 Å². The highest BCUT2D eigenvalue weighted by Crippen LogP contribution is 2.61. The molecule has 0 aliphatic heterocycles. The Labute approximate surface area is 118 Å². The molecule has 0 aromatic carbocycles. The molecule has 6 nitrogen and oxygen atoms in total. The molecule has 2 unspecified atom stereocenters. The molecule has 2 N–H and O–H groups in total. The molecule has 0 radical (unpaired) electrons. The first-order chi connectivity index (χ1) is 9.17. The smallest absolute Gasteiger partial charge is 0.323 e. The van der Waals surface area contributed by atoms with Gasteiger partial charge in [0.25, 0.3) is 10.1 Å². The van der Waals surface area contributed by atoms with Crippen LogP contribution in [0.3, 0.4) is 0 Å². The van der Waals surface area contributed by atoms with Crippen molar-refractivity contribution in [3.8, 4) is 0 Å². The number of ether oxygens (including phenoxy) is 1. The van der Waals surface area contributed by atoms with Crippen LogP contribution in [0.1, 0.15) is 38.5 Å². The van der Waals surface area contributed by atoms with Crippen LogP contribution >= 0.6 is 0 Å². The van der Waals surface area contributed by atoms with Gasteiger partial charge in [0.2, 0.25) is 0 Å². The lowest BCUT2D eigenvalue weighted by molar-refractivity contribution is -0.185. The van der Waals surface area contributed by atoms with E-state index in [2.05, 4.69) is 0 Å². The second kappa shape index (κ2) is 4.42. The molecule has 114 valence electrons. The number of hydrogen-bond acceptors (Lipinski definition) is 5. The number of hydrogen-bond donors (Lipinski definition) is 2. The van der Waals surface area contributed by atoms with Gasteiger partial charge in [0, 0.05) is 5.41 Å². The van der Waals surface area contributed by atoms with Crippen molar-refractivity contribution in [3.63, 3.8) is 0 Å². The molecule has 20 heavy (non-hydrogen) atoms. The lowest BCUT2D eigenvalue weighted by Gasteiger charge is -2.59. The van der Waals surface area contributed by atoms with Crippen molar-refractivity contribution < 1.29 is 27.6 Å². The summed E-state index contributed by atoms with van der Waals surface area (Å²) in [4.78, 5) is 11.4. The van der Waals surface area contributed by atoms with Gasteiger partial charge in [0.05, 0.1) is 12.2 Å². The molecule has 0 amide bonds. The van der Waals surface area contributed by atoms with Crippen LogP contribution in [0.15, 0.2) is 0 Å². The molecule has 4 bridgehead atoms. The van der Waals surface area contributed by atoms with Crippen molar-refractivity contribution in [3.05, 3.63) is 0 Å². The number of carbonyl (C=O) groups excluding carboxylic acids is 1. The lowest BCUT2D eigenvalue weighted by atomic mass is 9.48. The van der Waals surface area contributed by atoms with E-state index in [0.717, 1.165) is 32.1 Å². The first-order valence-corrected chi connectivity index (χ1v) is 8.61. The lowest BCUT2D eigenvalue weighted by Crippen LogP contribution is -2.57. The van der Waals surface area contributed by atoms with E-state index in [9.17, 15) is 18.3 Å². The molecule has 4 aliphatic rings. The summed E-state index contributed by atoms with van der Waals surface area (Å²) in [6, 6.07) is 0. The minimum absolute atomic E-state index is 0.149. The van der Waals surface area contributed by atoms with Gasteiger partial charge in [-0.3, -0.25) is 9.35 Å². The van der Waals surface area contributed by atoms with Crippen molar-refractivity contribution in [2.75, 3.05) is 12.4 Å². The Morgan fingerprint density at radius 1 is 1.20 bits per heavy atom. The number of rotatable bonds is 4. The first kappa shape index (κ1) is 14.3. The van der Waals surface area contributed by atoms with E-state index in [1.165, 1.54) is 0 Å². The Morgan fingerprint density at radius 2 is 1.80 bits per heavy atom. The normalized spacial score (nSPS) is 42.7. The second-order valence-corrected chi connectivity index (χ2v) is 8.52. The molecule has 2 atom stereocenters. The summed E-state index contributed by atoms with van der Waals surface area (Å²) < 4.78 is 34.9. The molecule has 4 aliphatic carbocycles. The summed E-state index contributed by atoms with van der Waals surface area (Å²) in [5.41, 5.74) is -0.826. The van der Waals surface area contributed by atoms with Crippen molar-refractivity contribution in [2.24, 2.45) is 17.3 Å². The largest absolute Gasteiger partial charge is 0.464 e. The molecule has 0 aromatic heterocycles. The van der Waals surface area contributed by atoms with Crippen LogP contribution in [0.2, 0.25) is 0 Å². The second-order valence-electron chi connectivity index (χ2n) is 7.07. The Kier molecular flexibility index (Phi) is 3.15. The molecule has 0 saturated heterocycles. The minimum Gasteiger partial charge on any atom is -0.464 e. The fraction of sp³-hybridized carbons (Fsp3) is 0.923. The fourth-order valence-electron chi connectivity index (χ4n) is 4.99. The molecule has 4 rings (SSSR count). The van der Waals surface area contributed by atoms with Gasteiger partial charge < -0.3 is 9.84 Å². The van der Waals surface area contributed by atoms with Crippen LogP contribution in [0.5, 0.6) is 0 Å². The van der Waals surface area contributed by atoms with Crippen molar-refractivity contribution in [1.29, 1.82) is 0 Å². The third-order valence-corrected chi connectivity index (χ3v) is 5.59. The fourth-order valence-corrected chi connectivity index (χ4v) is 5.38. The summed E-state index contributed by atoms with van der Waals surface area (Å²) >= 11 is 0. The van der Waals surface area contributed by atoms with E-state index in [-0.39, 0.29) is 12.0 Å². The highest BCUT2D eigenvalue weighted by atomic mass is 32.2. The maximum atomic E-state index is 11.4. The molecule has 4 saturated carbocycles. The first-order valence-electron chi connectivity index (χ1n) is 7.00. The Bertz CT molecular complexity index is 511. The highest BCUT2D eigenvalue weighted by molar-refractivity contribution is 7.86. The Balaban J connectivity index is 1.64. The van der Waals surface area contributed by atoms with Crippen LogP contribution in [-0.4, -0.2) is 42.0 Å². The zero-order chi connectivity index (χ0) is 14.6. The standard InChI is InChI=1S/C13H20O6S/c14-11(6-20(16,17)18)19-8-12-2-9-1-10(3-12)5-13(15,4-9)7-12/h9-10,15H,1-8H2,(H,16,17,18). The molecular formula is C13H20O6S. The molecule has 0 heterocycles. The summed E-state index contributed by atoms with van der Waals surface area (Å²) in [5.74, 6) is -0.946. The van der Waals surface area contributed by atoms with Gasteiger partial charge in [-0.1, -0.05) is 0 Å². The van der Waals surface area contributed by atoms with Gasteiger partial charge in [-0.05, 0) is 50.4 Å². The van der Waals surface area contributed by atoms with Gasteiger partial charge in [0.1, 0.15) is 0 Å². The monoisotopic (exact) mass is 304 g/mol. The predicted molar refractivity (Wildman–Crippen MR) is 69.4 cm³/mol. The summed E-state index contributed by atoms with van der Waals surface area (Å²) in [5, 5.41) is 10.5. The predicted octanol–water partition coefficient (Wildman–Crippen LogP) is 0.749. The van der Waals surface area contributed by atoms with Crippen molar-refractivity contribution >= 4 is 16.1 Å². The van der Waals surface area contributed by atoms with E-state index >= 15 is 0 Å². The average molecular weight is 304 g/mol. The third kappa shape index (κ3) is 2.84. The maximum Gasteiger partial charge on any atom is 0.323 e. The van der Waals surface area contributed by atoms with E-state index in [4.69, 9.17) is 9.29 Å². The Morgan fingerprint density at radius 3 is 2.30 bits per heavy atom. The van der Waals surface area contributed by atoms with E-state index in [0.29, 0.717) is 18.3 Å². The van der Waals surface area contributed by atoms with Crippen LogP contribution in [0, 0.1) is 17.3 Å². The van der Waals surface area contributed by atoms with Crippen LogP contribution in [0.4, 0.5) is 0 Å². The zero-order valence-corrected chi connectivity index (χ0v) is 12.1. The zero-order valence-electron chi connectivity index (χ0n) is 11.2. The Hall–Kier alpha value is -0.660. The molecule has 4 fully saturated rings. The van der Waals surface area contributed by atoms with Crippen LogP contribution < -0.4 is 0 Å². The van der Waals surface area contributed by atoms with E-state index < -0.39 is 27.4 Å². The summed E-state index contributed by atoms with van der Waals surface area (Å²) in [7, 11) is -4.34. The number of esters is 1. The van der Waals surface area contributed by atoms with Gasteiger partial charge in [-0.25, -0.2) is 0 Å². The van der Waals surface area contributed by atoms with Crippen molar-refractivity contribution in [1.82, 2.24) is 0 Å². The summed E-state index contributed by atoms with van der Waals surface area (Å²) in [6.07, 6.45) is 5.32. The molecule has 7 heteroatoms. The molecule has 0 aromatic rings. The maximum absolute atomic E-state index is 11.4. The van der Waals surface area contributed by atoms with Gasteiger partial charge in [0.15, 0.2) is 5.75 Å². The average Bonchev–Trinajstić information content (AvgIpc) is 2.20. The van der Waals surface area contributed by atoms with E-state index in [1.54, 1.807) is 0 Å². The topological polar surface area (TPSA) is 101 Å². The van der Waals surface area contributed by atoms with Gasteiger partial charge in [-0.2, -0.15) is 8.42 Å². The van der Waals surface area contributed by atoms with Crippen LogP contribution in [-0.2, 0) is 19.6 Å². The quantitative estimate of drug-likeness (QED) is 0.587. The summed E-state index contributed by atoms with van der Waals surface area (Å²) in [6.45, 7) is 0.149. The van der Waals surface area contributed by atoms with E-state index in [1.807, 2.05) is 0 Å². The van der Waals surface area contributed by atoms with Gasteiger partial charge in [-0.15, -0.1) is 0 Å². The number of carbonyl (C=O) groups is 1. The van der Waals surface area contributed by atoms with Crippen molar-refractivity contribution in [2.45, 2.75) is 44.1 Å². The SMILES string of the molecule is O=C(CS(=O)(=O)O)OCC12CC3CC(CC(O)(C3)C1)C2. The highest BCUT2D eigenvalue weighted by Gasteiger charge is 2.57. The molecule has 0 spiro atoms.